The Hall–Kier alpha value is -2.31. The molecule has 0 aromatic heterocycles. The van der Waals surface area contributed by atoms with Crippen molar-refractivity contribution in [2.24, 2.45) is 0 Å². The first-order valence-corrected chi connectivity index (χ1v) is 12.2. The molecule has 32 heavy (non-hydrogen) atoms. The quantitative estimate of drug-likeness (QED) is 0.689. The smallest absolute Gasteiger partial charge is 0.409 e. The highest BCUT2D eigenvalue weighted by Gasteiger charge is 2.57. The second-order valence-corrected chi connectivity index (χ2v) is 9.93. The van der Waals surface area contributed by atoms with Gasteiger partial charge in [-0.3, -0.25) is 4.79 Å². The lowest BCUT2D eigenvalue weighted by atomic mass is 9.89. The van der Waals surface area contributed by atoms with Crippen molar-refractivity contribution in [3.8, 4) is 0 Å². The molecular formula is C25H34FN3O3. The Morgan fingerprint density at radius 2 is 1.66 bits per heavy atom. The minimum Gasteiger partial charge on any atom is -0.453 e. The average molecular weight is 444 g/mol. The minimum atomic E-state index is -0.660. The predicted molar refractivity (Wildman–Crippen MR) is 120 cm³/mol. The van der Waals surface area contributed by atoms with Gasteiger partial charge in [0, 0.05) is 49.5 Å². The van der Waals surface area contributed by atoms with Gasteiger partial charge in [0.2, 0.25) is 5.91 Å². The molecule has 1 heterocycles. The molecule has 0 unspecified atom stereocenters. The molecule has 1 aromatic carbocycles. The summed E-state index contributed by atoms with van der Waals surface area (Å²) >= 11 is 0. The van der Waals surface area contributed by atoms with Crippen LogP contribution in [0.3, 0.4) is 0 Å². The molecule has 7 heteroatoms. The molecular weight excluding hydrogens is 409 g/mol. The van der Waals surface area contributed by atoms with E-state index in [-0.39, 0.29) is 17.8 Å². The number of nitrogens with zero attached hydrogens (tertiary/aromatic N) is 3. The molecule has 2 amide bonds. The zero-order chi connectivity index (χ0) is 22.3. The van der Waals surface area contributed by atoms with Crippen molar-refractivity contribution in [3.63, 3.8) is 0 Å². The van der Waals surface area contributed by atoms with Crippen LogP contribution in [0.25, 0.3) is 0 Å². The number of hydrogen-bond acceptors (Lipinski definition) is 4. The van der Waals surface area contributed by atoms with E-state index in [0.717, 1.165) is 44.2 Å². The maximum atomic E-state index is 15.4. The van der Waals surface area contributed by atoms with Crippen molar-refractivity contribution in [2.45, 2.75) is 75.3 Å². The summed E-state index contributed by atoms with van der Waals surface area (Å²) in [6.45, 7) is 2.37. The fourth-order valence-corrected chi connectivity index (χ4v) is 5.68. The van der Waals surface area contributed by atoms with E-state index < -0.39 is 5.41 Å². The summed E-state index contributed by atoms with van der Waals surface area (Å²) in [7, 11) is 1.39. The molecule has 1 aromatic rings. The third-order valence-electron chi connectivity index (χ3n) is 7.85. The van der Waals surface area contributed by atoms with Crippen LogP contribution in [0.15, 0.2) is 18.2 Å². The summed E-state index contributed by atoms with van der Waals surface area (Å²) in [4.78, 5) is 31.4. The molecule has 3 saturated carbocycles. The molecule has 1 saturated heterocycles. The Labute approximate surface area is 189 Å². The van der Waals surface area contributed by atoms with Gasteiger partial charge >= 0.3 is 6.09 Å². The lowest BCUT2D eigenvalue weighted by Crippen LogP contribution is -2.49. The highest BCUT2D eigenvalue weighted by molar-refractivity contribution is 5.92. The molecule has 0 N–H and O–H groups in total. The number of carbonyl (C=O) groups is 2. The standard InChI is InChI=1S/C25H34FN3O3/c1-32-24(31)28-15-13-27(14-16-28)20-9-10-21(22(26)17-20)25(11-12-25)23(30)29(19-7-8-19)18-5-3-2-4-6-18/h9-10,17-19H,2-8,11-16H2,1H3. The molecule has 0 spiro atoms. The molecule has 4 aliphatic rings. The van der Waals surface area contributed by atoms with Crippen molar-refractivity contribution in [3.05, 3.63) is 29.6 Å². The zero-order valence-electron chi connectivity index (χ0n) is 19.0. The van der Waals surface area contributed by atoms with E-state index in [1.54, 1.807) is 11.0 Å². The zero-order valence-corrected chi connectivity index (χ0v) is 19.0. The number of rotatable bonds is 5. The monoisotopic (exact) mass is 443 g/mol. The molecule has 0 bridgehead atoms. The van der Waals surface area contributed by atoms with Crippen LogP contribution in [0.1, 0.15) is 63.4 Å². The van der Waals surface area contributed by atoms with Crippen LogP contribution in [0.5, 0.6) is 0 Å². The van der Waals surface area contributed by atoms with Crippen LogP contribution in [0.2, 0.25) is 0 Å². The van der Waals surface area contributed by atoms with Gasteiger partial charge in [0.1, 0.15) is 5.82 Å². The van der Waals surface area contributed by atoms with Crippen LogP contribution in [0, 0.1) is 5.82 Å². The summed E-state index contributed by atoms with van der Waals surface area (Å²) in [6.07, 6.45) is 9.20. The molecule has 1 aliphatic heterocycles. The number of benzene rings is 1. The van der Waals surface area contributed by atoms with E-state index >= 15 is 4.39 Å². The van der Waals surface area contributed by atoms with Gasteiger partial charge in [0.15, 0.2) is 0 Å². The fraction of sp³-hybridized carbons (Fsp3) is 0.680. The summed E-state index contributed by atoms with van der Waals surface area (Å²) < 4.78 is 20.2. The van der Waals surface area contributed by atoms with Crippen molar-refractivity contribution >= 4 is 17.7 Å². The second kappa shape index (κ2) is 8.56. The van der Waals surface area contributed by atoms with E-state index in [1.807, 2.05) is 12.1 Å². The maximum Gasteiger partial charge on any atom is 0.409 e. The number of amides is 2. The average Bonchev–Trinajstić information content (AvgIpc) is 3.75. The minimum absolute atomic E-state index is 0.172. The summed E-state index contributed by atoms with van der Waals surface area (Å²) in [5, 5.41) is 0. The Balaban J connectivity index is 1.31. The Kier molecular flexibility index (Phi) is 5.76. The van der Waals surface area contributed by atoms with Crippen LogP contribution in [-0.2, 0) is 14.9 Å². The van der Waals surface area contributed by atoms with E-state index in [1.165, 1.54) is 26.4 Å². The number of ether oxygens (including phenoxy) is 1. The second-order valence-electron chi connectivity index (χ2n) is 9.93. The van der Waals surface area contributed by atoms with Crippen LogP contribution < -0.4 is 4.90 Å². The van der Waals surface area contributed by atoms with E-state index in [9.17, 15) is 9.59 Å². The van der Waals surface area contributed by atoms with Crippen LogP contribution >= 0.6 is 0 Å². The first-order chi connectivity index (χ1) is 15.5. The maximum absolute atomic E-state index is 15.4. The largest absolute Gasteiger partial charge is 0.453 e. The summed E-state index contributed by atoms with van der Waals surface area (Å²) in [5.41, 5.74) is 0.720. The Morgan fingerprint density at radius 1 is 1.00 bits per heavy atom. The lowest BCUT2D eigenvalue weighted by Gasteiger charge is -2.37. The fourth-order valence-electron chi connectivity index (χ4n) is 5.68. The number of anilines is 1. The number of hydrogen-bond donors (Lipinski definition) is 0. The van der Waals surface area contributed by atoms with Crippen molar-refractivity contribution in [1.82, 2.24) is 9.80 Å². The van der Waals surface area contributed by atoms with Gasteiger partial charge in [-0.15, -0.1) is 0 Å². The molecule has 3 aliphatic carbocycles. The molecule has 174 valence electrons. The van der Waals surface area contributed by atoms with Gasteiger partial charge in [-0.05, 0) is 50.7 Å². The number of piperazine rings is 1. The van der Waals surface area contributed by atoms with Crippen LogP contribution in [0.4, 0.5) is 14.9 Å². The molecule has 5 rings (SSSR count). The number of methoxy groups -OCH3 is 1. The van der Waals surface area contributed by atoms with Gasteiger partial charge < -0.3 is 19.4 Å². The van der Waals surface area contributed by atoms with E-state index in [4.69, 9.17) is 4.74 Å². The summed E-state index contributed by atoms with van der Waals surface area (Å²) in [5.74, 6) is -0.103. The Bertz CT molecular complexity index is 869. The highest BCUT2D eigenvalue weighted by atomic mass is 19.1. The highest BCUT2D eigenvalue weighted by Crippen LogP contribution is 2.53. The van der Waals surface area contributed by atoms with Crippen LogP contribution in [-0.4, -0.2) is 67.2 Å². The number of carbonyl (C=O) groups excluding carboxylic acids is 2. The van der Waals surface area contributed by atoms with Gasteiger partial charge in [-0.25, -0.2) is 9.18 Å². The molecule has 6 nitrogen and oxygen atoms in total. The normalized spacial score (nSPS) is 23.1. The van der Waals surface area contributed by atoms with Crippen molar-refractivity contribution < 1.29 is 18.7 Å². The van der Waals surface area contributed by atoms with Gasteiger partial charge in [-0.2, -0.15) is 0 Å². The molecule has 0 atom stereocenters. The first-order valence-electron chi connectivity index (χ1n) is 12.2. The van der Waals surface area contributed by atoms with E-state index in [2.05, 4.69) is 9.80 Å². The third-order valence-corrected chi connectivity index (χ3v) is 7.85. The van der Waals surface area contributed by atoms with Gasteiger partial charge in [-0.1, -0.05) is 25.3 Å². The predicted octanol–water partition coefficient (Wildman–Crippen LogP) is 4.07. The van der Waals surface area contributed by atoms with Gasteiger partial charge in [0.25, 0.3) is 0 Å². The first kappa shape index (κ1) is 21.5. The molecule has 0 radical (unpaired) electrons. The van der Waals surface area contributed by atoms with Gasteiger partial charge in [0.05, 0.1) is 12.5 Å². The summed E-state index contributed by atoms with van der Waals surface area (Å²) in [6, 6.07) is 6.08. The number of halogens is 1. The van der Waals surface area contributed by atoms with Crippen molar-refractivity contribution in [2.75, 3.05) is 38.2 Å². The SMILES string of the molecule is COC(=O)N1CCN(c2ccc(C3(C(=O)N(C4CCCCC4)C4CC4)CC3)c(F)c2)CC1. The Morgan fingerprint density at radius 3 is 2.22 bits per heavy atom. The third kappa shape index (κ3) is 3.95. The van der Waals surface area contributed by atoms with E-state index in [0.29, 0.717) is 43.8 Å². The lowest BCUT2D eigenvalue weighted by molar-refractivity contribution is -0.137. The van der Waals surface area contributed by atoms with Crippen molar-refractivity contribution in [1.29, 1.82) is 0 Å². The molecule has 4 fully saturated rings. The topological polar surface area (TPSA) is 53.1 Å².